The van der Waals surface area contributed by atoms with Gasteiger partial charge in [-0.2, -0.15) is 8.42 Å². The van der Waals surface area contributed by atoms with E-state index in [1.165, 1.54) is 0 Å². The van der Waals surface area contributed by atoms with Crippen LogP contribution in [0.3, 0.4) is 0 Å². The Labute approximate surface area is 90.7 Å². The summed E-state index contributed by atoms with van der Waals surface area (Å²) in [5.41, 5.74) is 0.761. The lowest BCUT2D eigenvalue weighted by Gasteiger charge is -2.03. The number of anilines is 1. The Morgan fingerprint density at radius 2 is 1.86 bits per heavy atom. The van der Waals surface area contributed by atoms with Crippen LogP contribution in [0.5, 0.6) is 0 Å². The van der Waals surface area contributed by atoms with Gasteiger partial charge in [0, 0.05) is 16.7 Å². The van der Waals surface area contributed by atoms with Crippen LogP contribution in [0.15, 0.2) is 28.7 Å². The Hall–Kier alpha value is -0.620. The highest BCUT2D eigenvalue weighted by atomic mass is 79.9. The van der Waals surface area contributed by atoms with Crippen LogP contribution in [0.25, 0.3) is 0 Å². The van der Waals surface area contributed by atoms with Gasteiger partial charge < -0.3 is 5.32 Å². The number of hydrogen-bond donors (Lipinski definition) is 1. The third kappa shape index (κ3) is 4.57. The van der Waals surface area contributed by atoms with Crippen LogP contribution in [0, 0.1) is 0 Å². The molecule has 0 saturated heterocycles. The molecule has 1 aromatic carbocycles. The highest BCUT2D eigenvalue weighted by Crippen LogP contribution is 2.13. The van der Waals surface area contributed by atoms with Crippen LogP contribution in [-0.2, 0) is 10.2 Å². The minimum atomic E-state index is -4.37. The van der Waals surface area contributed by atoms with E-state index < -0.39 is 16.0 Å². The number of benzene rings is 1. The molecular formula is C8H9BrFNO2S. The summed E-state index contributed by atoms with van der Waals surface area (Å²) in [7, 11) is -4.37. The lowest BCUT2D eigenvalue weighted by molar-refractivity contribution is 0.552. The Morgan fingerprint density at radius 1 is 1.29 bits per heavy atom. The van der Waals surface area contributed by atoms with Crippen LogP contribution < -0.4 is 5.32 Å². The van der Waals surface area contributed by atoms with Crippen molar-refractivity contribution in [2.24, 2.45) is 0 Å². The maximum atomic E-state index is 12.1. The van der Waals surface area contributed by atoms with Gasteiger partial charge in [0.15, 0.2) is 0 Å². The summed E-state index contributed by atoms with van der Waals surface area (Å²) in [4.78, 5) is 0. The van der Waals surface area contributed by atoms with Gasteiger partial charge in [-0.3, -0.25) is 0 Å². The number of nitrogens with one attached hydrogen (secondary N) is 1. The fraction of sp³-hybridized carbons (Fsp3) is 0.250. The van der Waals surface area contributed by atoms with Crippen molar-refractivity contribution < 1.29 is 12.3 Å². The average Bonchev–Trinajstić information content (AvgIpc) is 2.06. The molecule has 0 radical (unpaired) electrons. The lowest BCUT2D eigenvalue weighted by Crippen LogP contribution is -2.11. The zero-order valence-corrected chi connectivity index (χ0v) is 9.61. The molecule has 1 aromatic rings. The SMILES string of the molecule is O=S(=O)(F)CCNc1ccc(Br)cc1. The second-order valence-electron chi connectivity index (χ2n) is 2.68. The van der Waals surface area contributed by atoms with E-state index >= 15 is 0 Å². The van der Waals surface area contributed by atoms with E-state index in [0.29, 0.717) is 0 Å². The fourth-order valence-electron chi connectivity index (χ4n) is 0.885. The van der Waals surface area contributed by atoms with E-state index in [2.05, 4.69) is 21.2 Å². The van der Waals surface area contributed by atoms with Crippen molar-refractivity contribution in [2.45, 2.75) is 0 Å². The molecule has 0 amide bonds. The average molecular weight is 282 g/mol. The quantitative estimate of drug-likeness (QED) is 0.861. The van der Waals surface area contributed by atoms with Gasteiger partial charge in [-0.05, 0) is 24.3 Å². The summed E-state index contributed by atoms with van der Waals surface area (Å²) in [6.07, 6.45) is 0. The Morgan fingerprint density at radius 3 is 2.36 bits per heavy atom. The number of hydrogen-bond acceptors (Lipinski definition) is 3. The molecule has 1 N–H and O–H groups in total. The van der Waals surface area contributed by atoms with Crippen molar-refractivity contribution in [1.82, 2.24) is 0 Å². The largest absolute Gasteiger partial charge is 0.384 e. The van der Waals surface area contributed by atoms with Gasteiger partial charge in [0.05, 0.1) is 5.75 Å². The third-order valence-electron chi connectivity index (χ3n) is 1.52. The second kappa shape index (κ2) is 4.75. The summed E-state index contributed by atoms with van der Waals surface area (Å²) in [6.45, 7) is 0.0699. The van der Waals surface area contributed by atoms with Crippen molar-refractivity contribution in [3.05, 3.63) is 28.7 Å². The first-order chi connectivity index (χ1) is 6.47. The molecule has 0 heterocycles. The van der Waals surface area contributed by atoms with Gasteiger partial charge >= 0.3 is 10.2 Å². The van der Waals surface area contributed by atoms with Crippen LogP contribution in [0.4, 0.5) is 9.57 Å². The summed E-state index contributed by atoms with van der Waals surface area (Å²) >= 11 is 3.26. The van der Waals surface area contributed by atoms with Crippen molar-refractivity contribution >= 4 is 31.8 Å². The molecule has 0 saturated carbocycles. The van der Waals surface area contributed by atoms with Crippen molar-refractivity contribution in [2.75, 3.05) is 17.6 Å². The third-order valence-corrected chi connectivity index (χ3v) is 2.74. The highest BCUT2D eigenvalue weighted by Gasteiger charge is 2.05. The first-order valence-corrected chi connectivity index (χ1v) is 6.24. The maximum absolute atomic E-state index is 12.1. The normalized spacial score (nSPS) is 11.3. The fourth-order valence-corrected chi connectivity index (χ4v) is 1.50. The molecule has 0 aliphatic carbocycles. The van der Waals surface area contributed by atoms with E-state index in [4.69, 9.17) is 0 Å². The van der Waals surface area contributed by atoms with Gasteiger partial charge in [-0.15, -0.1) is 3.89 Å². The Kier molecular flexibility index (Phi) is 3.88. The lowest BCUT2D eigenvalue weighted by atomic mass is 10.3. The van der Waals surface area contributed by atoms with Crippen LogP contribution >= 0.6 is 15.9 Å². The number of rotatable bonds is 4. The predicted octanol–water partition coefficient (Wildman–Crippen LogP) is 2.16. The molecule has 0 atom stereocenters. The zero-order chi connectivity index (χ0) is 10.6. The van der Waals surface area contributed by atoms with Gasteiger partial charge in [-0.25, -0.2) is 0 Å². The molecule has 1 rings (SSSR count). The highest BCUT2D eigenvalue weighted by molar-refractivity contribution is 9.10. The van der Waals surface area contributed by atoms with E-state index in [-0.39, 0.29) is 6.54 Å². The minimum Gasteiger partial charge on any atom is -0.384 e. The molecule has 3 nitrogen and oxygen atoms in total. The molecule has 6 heteroatoms. The predicted molar refractivity (Wildman–Crippen MR) is 57.5 cm³/mol. The molecule has 0 unspecified atom stereocenters. The standard InChI is InChI=1S/C8H9BrFNO2S/c9-7-1-3-8(4-2-7)11-5-6-14(10,12)13/h1-4,11H,5-6H2. The molecule has 14 heavy (non-hydrogen) atoms. The van der Waals surface area contributed by atoms with E-state index in [9.17, 15) is 12.3 Å². The molecule has 0 aliphatic heterocycles. The van der Waals surface area contributed by atoms with Crippen LogP contribution in [0.1, 0.15) is 0 Å². The first-order valence-electron chi connectivity index (χ1n) is 3.89. The molecule has 0 spiro atoms. The minimum absolute atomic E-state index is 0.0699. The smallest absolute Gasteiger partial charge is 0.304 e. The molecule has 0 aliphatic rings. The summed E-state index contributed by atoms with van der Waals surface area (Å²) < 4.78 is 33.3. The van der Waals surface area contributed by atoms with Crippen LogP contribution in [0.2, 0.25) is 0 Å². The molecule has 78 valence electrons. The van der Waals surface area contributed by atoms with Gasteiger partial charge in [0.25, 0.3) is 0 Å². The maximum Gasteiger partial charge on any atom is 0.304 e. The topological polar surface area (TPSA) is 46.2 Å². The van der Waals surface area contributed by atoms with Crippen LogP contribution in [-0.4, -0.2) is 20.7 Å². The Bertz CT molecular complexity index is 390. The van der Waals surface area contributed by atoms with E-state index in [1.807, 2.05) is 12.1 Å². The van der Waals surface area contributed by atoms with Crippen molar-refractivity contribution in [1.29, 1.82) is 0 Å². The molecule has 0 fully saturated rings. The first kappa shape index (κ1) is 11.5. The molecule has 0 bridgehead atoms. The summed E-state index contributed by atoms with van der Waals surface area (Å²) in [5.74, 6) is -0.511. The summed E-state index contributed by atoms with van der Waals surface area (Å²) in [5, 5.41) is 2.79. The Balaban J connectivity index is 2.43. The van der Waals surface area contributed by atoms with Crippen molar-refractivity contribution in [3.63, 3.8) is 0 Å². The van der Waals surface area contributed by atoms with Gasteiger partial charge in [0.2, 0.25) is 0 Å². The van der Waals surface area contributed by atoms with Gasteiger partial charge in [-0.1, -0.05) is 15.9 Å². The monoisotopic (exact) mass is 281 g/mol. The second-order valence-corrected chi connectivity index (χ2v) is 5.08. The summed E-state index contributed by atoms with van der Waals surface area (Å²) in [6, 6.07) is 7.17. The van der Waals surface area contributed by atoms with Crippen molar-refractivity contribution in [3.8, 4) is 0 Å². The van der Waals surface area contributed by atoms with E-state index in [1.54, 1.807) is 12.1 Å². The molecule has 0 aromatic heterocycles. The molecular weight excluding hydrogens is 273 g/mol. The van der Waals surface area contributed by atoms with Gasteiger partial charge in [0.1, 0.15) is 0 Å². The zero-order valence-electron chi connectivity index (χ0n) is 7.20. The van der Waals surface area contributed by atoms with E-state index in [0.717, 1.165) is 10.2 Å². The number of halogens is 2.